The molecule has 0 spiro atoms. The van der Waals surface area contributed by atoms with Crippen LogP contribution in [0.15, 0.2) is 41.0 Å². The fraction of sp³-hybridized carbons (Fsp3) is 0.200. The number of carbonyl (C=O) groups is 2. The number of amides is 1. The highest BCUT2D eigenvalue weighted by Crippen LogP contribution is 2.26. The lowest BCUT2D eigenvalue weighted by Gasteiger charge is -2.13. The van der Waals surface area contributed by atoms with Gasteiger partial charge in [-0.3, -0.25) is 4.79 Å². The highest BCUT2D eigenvalue weighted by Gasteiger charge is 2.21. The van der Waals surface area contributed by atoms with Crippen LogP contribution < -0.4 is 5.32 Å². The fourth-order valence-corrected chi connectivity index (χ4v) is 2.05. The first kappa shape index (κ1) is 16.4. The number of benzene rings is 1. The Morgan fingerprint density at radius 1 is 1.27 bits per heavy atom. The Hall–Kier alpha value is -1.98. The Balaban J connectivity index is 1.93. The minimum atomic E-state index is -0.975. The van der Waals surface area contributed by atoms with Gasteiger partial charge in [-0.15, -0.1) is 0 Å². The van der Waals surface area contributed by atoms with Crippen molar-refractivity contribution < 1.29 is 18.7 Å². The zero-order valence-electron chi connectivity index (χ0n) is 11.6. The molecule has 2 rings (SSSR count). The van der Waals surface area contributed by atoms with Gasteiger partial charge in [0.15, 0.2) is 6.10 Å². The standard InChI is InChI=1S/C15H13Cl2NO4/c1-9(14(19)18-8-10-4-3-7-21-10)22-15(20)11-5-2-6-12(16)13(11)17/h2-7,9H,8H2,1H3,(H,18,19)/t9-/m0/s1. The van der Waals surface area contributed by atoms with Crippen LogP contribution in [0.5, 0.6) is 0 Å². The Bertz CT molecular complexity index is 670. The van der Waals surface area contributed by atoms with Gasteiger partial charge in [0.2, 0.25) is 0 Å². The Morgan fingerprint density at radius 3 is 2.73 bits per heavy atom. The van der Waals surface area contributed by atoms with Gasteiger partial charge >= 0.3 is 5.97 Å². The summed E-state index contributed by atoms with van der Waals surface area (Å²) in [4.78, 5) is 23.9. The zero-order valence-corrected chi connectivity index (χ0v) is 13.1. The van der Waals surface area contributed by atoms with Crippen molar-refractivity contribution in [2.75, 3.05) is 0 Å². The first-order valence-electron chi connectivity index (χ1n) is 6.44. The molecule has 0 aliphatic rings. The van der Waals surface area contributed by atoms with E-state index in [1.54, 1.807) is 24.3 Å². The number of esters is 1. The lowest BCUT2D eigenvalue weighted by molar-refractivity contribution is -0.129. The molecule has 1 N–H and O–H groups in total. The summed E-state index contributed by atoms with van der Waals surface area (Å²) >= 11 is 11.8. The van der Waals surface area contributed by atoms with E-state index in [2.05, 4.69) is 5.32 Å². The van der Waals surface area contributed by atoms with E-state index in [1.807, 2.05) is 0 Å². The first-order valence-corrected chi connectivity index (χ1v) is 7.19. The van der Waals surface area contributed by atoms with E-state index in [0.717, 1.165) is 0 Å². The van der Waals surface area contributed by atoms with Crippen LogP contribution in [0.2, 0.25) is 10.0 Å². The lowest BCUT2D eigenvalue weighted by atomic mass is 10.2. The molecule has 22 heavy (non-hydrogen) atoms. The first-order chi connectivity index (χ1) is 10.5. The van der Waals surface area contributed by atoms with Crippen LogP contribution in [0.3, 0.4) is 0 Å². The number of nitrogens with one attached hydrogen (secondary N) is 1. The molecule has 0 unspecified atom stereocenters. The van der Waals surface area contributed by atoms with Crippen LogP contribution in [0.1, 0.15) is 23.0 Å². The second kappa shape index (κ2) is 7.33. The van der Waals surface area contributed by atoms with Crippen molar-refractivity contribution >= 4 is 35.1 Å². The predicted octanol–water partition coefficient (Wildman–Crippen LogP) is 3.45. The van der Waals surface area contributed by atoms with Gasteiger partial charge in [0, 0.05) is 0 Å². The van der Waals surface area contributed by atoms with Gasteiger partial charge < -0.3 is 14.5 Å². The minimum Gasteiger partial charge on any atom is -0.467 e. The summed E-state index contributed by atoms with van der Waals surface area (Å²) in [5.41, 5.74) is 0.111. The minimum absolute atomic E-state index is 0.0948. The van der Waals surface area contributed by atoms with Crippen molar-refractivity contribution in [1.29, 1.82) is 0 Å². The molecule has 0 saturated carbocycles. The third-order valence-electron chi connectivity index (χ3n) is 2.84. The fourth-order valence-electron chi connectivity index (χ4n) is 1.67. The number of carbonyl (C=O) groups excluding carboxylic acids is 2. The smallest absolute Gasteiger partial charge is 0.340 e. The van der Waals surface area contributed by atoms with Crippen LogP contribution in [-0.4, -0.2) is 18.0 Å². The van der Waals surface area contributed by atoms with Gasteiger partial charge in [0.05, 0.1) is 28.4 Å². The molecule has 1 aromatic heterocycles. The highest BCUT2D eigenvalue weighted by atomic mass is 35.5. The lowest BCUT2D eigenvalue weighted by Crippen LogP contribution is -2.35. The SMILES string of the molecule is C[C@H](OC(=O)c1cccc(Cl)c1Cl)C(=O)NCc1ccco1. The van der Waals surface area contributed by atoms with Crippen molar-refractivity contribution in [3.8, 4) is 0 Å². The van der Waals surface area contributed by atoms with E-state index in [4.69, 9.17) is 32.4 Å². The maximum Gasteiger partial charge on any atom is 0.340 e. The molecule has 0 radical (unpaired) electrons. The van der Waals surface area contributed by atoms with Crippen LogP contribution in [-0.2, 0) is 16.1 Å². The van der Waals surface area contributed by atoms with Crippen molar-refractivity contribution in [2.24, 2.45) is 0 Å². The van der Waals surface area contributed by atoms with Gasteiger partial charge in [-0.2, -0.15) is 0 Å². The molecule has 0 aliphatic heterocycles. The Morgan fingerprint density at radius 2 is 2.05 bits per heavy atom. The molecule has 2 aromatic rings. The third kappa shape index (κ3) is 4.02. The maximum absolute atomic E-state index is 12.0. The van der Waals surface area contributed by atoms with E-state index < -0.39 is 18.0 Å². The second-order valence-electron chi connectivity index (χ2n) is 4.45. The quantitative estimate of drug-likeness (QED) is 0.845. The monoisotopic (exact) mass is 341 g/mol. The average Bonchev–Trinajstić information content (AvgIpc) is 3.00. The molecule has 5 nitrogen and oxygen atoms in total. The molecular formula is C15H13Cl2NO4. The number of furan rings is 1. The van der Waals surface area contributed by atoms with E-state index >= 15 is 0 Å². The molecule has 0 saturated heterocycles. The predicted molar refractivity (Wildman–Crippen MR) is 81.9 cm³/mol. The number of hydrogen-bond donors (Lipinski definition) is 1. The van der Waals surface area contributed by atoms with Crippen molar-refractivity contribution in [2.45, 2.75) is 19.6 Å². The van der Waals surface area contributed by atoms with Crippen LogP contribution >= 0.6 is 23.2 Å². The molecule has 0 fully saturated rings. The number of halogens is 2. The topological polar surface area (TPSA) is 68.5 Å². The molecule has 7 heteroatoms. The van der Waals surface area contributed by atoms with Gasteiger partial charge in [-0.25, -0.2) is 4.79 Å². The molecule has 1 amide bonds. The zero-order chi connectivity index (χ0) is 16.1. The second-order valence-corrected chi connectivity index (χ2v) is 5.23. The summed E-state index contributed by atoms with van der Waals surface area (Å²) in [5, 5.41) is 2.94. The normalized spacial score (nSPS) is 11.8. The van der Waals surface area contributed by atoms with Crippen molar-refractivity contribution in [3.63, 3.8) is 0 Å². The van der Waals surface area contributed by atoms with Gasteiger partial charge in [0.1, 0.15) is 5.76 Å². The van der Waals surface area contributed by atoms with E-state index in [0.29, 0.717) is 5.76 Å². The molecule has 1 atom stereocenters. The summed E-state index contributed by atoms with van der Waals surface area (Å²) in [7, 11) is 0. The van der Waals surface area contributed by atoms with E-state index in [1.165, 1.54) is 19.3 Å². The number of ether oxygens (including phenoxy) is 1. The van der Waals surface area contributed by atoms with E-state index in [-0.39, 0.29) is 22.2 Å². The molecule has 0 bridgehead atoms. The van der Waals surface area contributed by atoms with Crippen molar-refractivity contribution in [3.05, 3.63) is 58.0 Å². The third-order valence-corrected chi connectivity index (χ3v) is 3.66. The molecule has 1 aromatic carbocycles. The van der Waals surface area contributed by atoms with Gasteiger partial charge in [0.25, 0.3) is 5.91 Å². The Labute approximate surface area is 137 Å². The highest BCUT2D eigenvalue weighted by molar-refractivity contribution is 6.43. The average molecular weight is 342 g/mol. The summed E-state index contributed by atoms with van der Waals surface area (Å²) < 4.78 is 10.2. The molecule has 1 heterocycles. The largest absolute Gasteiger partial charge is 0.467 e. The van der Waals surface area contributed by atoms with E-state index in [9.17, 15) is 9.59 Å². The van der Waals surface area contributed by atoms with Gasteiger partial charge in [-0.1, -0.05) is 29.3 Å². The summed E-state index contributed by atoms with van der Waals surface area (Å²) in [6.07, 6.45) is 0.532. The molecule has 0 aliphatic carbocycles. The molecule has 116 valence electrons. The summed E-state index contributed by atoms with van der Waals surface area (Å²) in [6.45, 7) is 1.68. The van der Waals surface area contributed by atoms with Crippen LogP contribution in [0, 0.1) is 0 Å². The summed E-state index contributed by atoms with van der Waals surface area (Å²) in [6, 6.07) is 8.05. The van der Waals surface area contributed by atoms with Gasteiger partial charge in [-0.05, 0) is 31.2 Å². The molecular weight excluding hydrogens is 329 g/mol. The summed E-state index contributed by atoms with van der Waals surface area (Å²) in [5.74, 6) is -0.555. The van der Waals surface area contributed by atoms with Crippen molar-refractivity contribution in [1.82, 2.24) is 5.32 Å². The number of hydrogen-bond acceptors (Lipinski definition) is 4. The van der Waals surface area contributed by atoms with Crippen LogP contribution in [0.4, 0.5) is 0 Å². The van der Waals surface area contributed by atoms with Crippen LogP contribution in [0.25, 0.3) is 0 Å². The maximum atomic E-state index is 12.0. The Kier molecular flexibility index (Phi) is 5.46. The number of rotatable bonds is 5.